The van der Waals surface area contributed by atoms with Gasteiger partial charge in [-0.1, -0.05) is 30.3 Å². The molecule has 2 aromatic carbocycles. The van der Waals surface area contributed by atoms with Crippen molar-refractivity contribution in [2.45, 2.75) is 19.8 Å². The van der Waals surface area contributed by atoms with Crippen molar-refractivity contribution in [2.75, 3.05) is 31.6 Å². The third kappa shape index (κ3) is 6.07. The first-order valence-corrected chi connectivity index (χ1v) is 10.1. The van der Waals surface area contributed by atoms with E-state index in [4.69, 9.17) is 9.47 Å². The quantitative estimate of drug-likeness (QED) is 0.643. The van der Waals surface area contributed by atoms with Crippen molar-refractivity contribution in [3.8, 4) is 5.75 Å². The van der Waals surface area contributed by atoms with Crippen LogP contribution in [0, 0.1) is 5.92 Å². The first-order chi connectivity index (χ1) is 14.5. The van der Waals surface area contributed by atoms with Crippen LogP contribution < -0.4 is 10.1 Å². The van der Waals surface area contributed by atoms with E-state index in [-0.39, 0.29) is 18.9 Å². The maximum atomic E-state index is 12.3. The van der Waals surface area contributed by atoms with Crippen molar-refractivity contribution in [3.05, 3.63) is 60.2 Å². The van der Waals surface area contributed by atoms with E-state index in [0.29, 0.717) is 31.1 Å². The fourth-order valence-electron chi connectivity index (χ4n) is 3.31. The van der Waals surface area contributed by atoms with Gasteiger partial charge >= 0.3 is 5.97 Å². The van der Waals surface area contributed by atoms with E-state index >= 15 is 0 Å². The Bertz CT molecular complexity index is 867. The molecule has 1 saturated heterocycles. The molecule has 1 aliphatic rings. The Hall–Kier alpha value is -3.35. The summed E-state index contributed by atoms with van der Waals surface area (Å²) in [5.74, 6) is -0.840. The number of esters is 1. The minimum Gasteiger partial charge on any atom is -0.494 e. The molecule has 7 nitrogen and oxygen atoms in total. The van der Waals surface area contributed by atoms with E-state index in [1.54, 1.807) is 29.2 Å². The monoisotopic (exact) mass is 410 g/mol. The van der Waals surface area contributed by atoms with Gasteiger partial charge in [-0.2, -0.15) is 0 Å². The van der Waals surface area contributed by atoms with Gasteiger partial charge in [0.05, 0.1) is 12.5 Å². The molecule has 1 atom stereocenters. The number of anilines is 1. The smallest absolute Gasteiger partial charge is 0.311 e. The molecule has 2 amide bonds. The van der Waals surface area contributed by atoms with Gasteiger partial charge in [0.25, 0.3) is 5.91 Å². The number of rotatable bonds is 9. The summed E-state index contributed by atoms with van der Waals surface area (Å²) in [5, 5.41) is 2.66. The number of hydrogen-bond donors (Lipinski definition) is 1. The van der Waals surface area contributed by atoms with Crippen LogP contribution in [0.15, 0.2) is 54.6 Å². The number of amides is 2. The van der Waals surface area contributed by atoms with Crippen LogP contribution in [0.5, 0.6) is 5.75 Å². The Labute approximate surface area is 176 Å². The minimum absolute atomic E-state index is 0.0632. The fourth-order valence-corrected chi connectivity index (χ4v) is 3.31. The molecule has 7 heteroatoms. The Morgan fingerprint density at radius 1 is 1.10 bits per heavy atom. The summed E-state index contributed by atoms with van der Waals surface area (Å²) in [6.45, 7) is 2.95. The molecule has 1 N–H and O–H groups in total. The van der Waals surface area contributed by atoms with Gasteiger partial charge in [-0.15, -0.1) is 0 Å². The molecule has 1 fully saturated rings. The predicted octanol–water partition coefficient (Wildman–Crippen LogP) is 2.66. The van der Waals surface area contributed by atoms with Gasteiger partial charge < -0.3 is 19.7 Å². The molecule has 0 bridgehead atoms. The first kappa shape index (κ1) is 21.4. The van der Waals surface area contributed by atoms with Gasteiger partial charge in [0.2, 0.25) is 5.91 Å². The number of likely N-dealkylation sites (tertiary alicyclic amines) is 1. The maximum absolute atomic E-state index is 12.3. The largest absolute Gasteiger partial charge is 0.494 e. The molecule has 0 aliphatic carbocycles. The van der Waals surface area contributed by atoms with Crippen LogP contribution >= 0.6 is 0 Å². The number of carbonyl (C=O) groups excluding carboxylic acids is 3. The summed E-state index contributed by atoms with van der Waals surface area (Å²) in [5.41, 5.74) is 1.73. The van der Waals surface area contributed by atoms with Gasteiger partial charge in [-0.3, -0.25) is 14.4 Å². The van der Waals surface area contributed by atoms with Crippen LogP contribution in [0.4, 0.5) is 5.69 Å². The molecule has 3 rings (SSSR count). The van der Waals surface area contributed by atoms with Crippen molar-refractivity contribution < 1.29 is 23.9 Å². The highest BCUT2D eigenvalue weighted by Gasteiger charge is 2.35. The number of nitrogens with one attached hydrogen (secondary N) is 1. The maximum Gasteiger partial charge on any atom is 0.311 e. The van der Waals surface area contributed by atoms with Gasteiger partial charge in [-0.05, 0) is 43.2 Å². The molecule has 1 aliphatic heterocycles. The molecule has 0 unspecified atom stereocenters. The average molecular weight is 410 g/mol. The molecule has 0 spiro atoms. The highest BCUT2D eigenvalue weighted by atomic mass is 16.5. The van der Waals surface area contributed by atoms with Crippen LogP contribution in [-0.4, -0.2) is 49.0 Å². The molecular weight excluding hydrogens is 384 g/mol. The van der Waals surface area contributed by atoms with E-state index in [1.807, 2.05) is 37.3 Å². The zero-order valence-corrected chi connectivity index (χ0v) is 17.0. The average Bonchev–Trinajstić information content (AvgIpc) is 3.13. The van der Waals surface area contributed by atoms with Crippen LogP contribution in [-0.2, 0) is 25.5 Å². The van der Waals surface area contributed by atoms with E-state index < -0.39 is 17.8 Å². The standard InChI is InChI=1S/C23H26N2O5/c1-2-29-20-10-8-19(9-11-20)24-21(26)16-30-23(28)18-14-22(27)25(15-18)13-12-17-6-4-3-5-7-17/h3-11,18H,2,12-16H2,1H3,(H,24,26)/t18-/m1/s1. The van der Waals surface area contributed by atoms with Crippen molar-refractivity contribution in [3.63, 3.8) is 0 Å². The lowest BCUT2D eigenvalue weighted by molar-refractivity contribution is -0.151. The van der Waals surface area contributed by atoms with E-state index in [9.17, 15) is 14.4 Å². The first-order valence-electron chi connectivity index (χ1n) is 10.1. The fraction of sp³-hybridized carbons (Fsp3) is 0.348. The summed E-state index contributed by atoms with van der Waals surface area (Å²) in [6.07, 6.45) is 0.854. The van der Waals surface area contributed by atoms with Gasteiger partial charge in [-0.25, -0.2) is 0 Å². The SMILES string of the molecule is CCOc1ccc(NC(=O)COC(=O)[C@@H]2CC(=O)N(CCc3ccccc3)C2)cc1. The molecule has 1 heterocycles. The van der Waals surface area contributed by atoms with Crippen LogP contribution in [0.2, 0.25) is 0 Å². The zero-order chi connectivity index (χ0) is 21.3. The van der Waals surface area contributed by atoms with Crippen molar-refractivity contribution >= 4 is 23.5 Å². The Kier molecular flexibility index (Phi) is 7.43. The Morgan fingerprint density at radius 3 is 2.53 bits per heavy atom. The molecule has 158 valence electrons. The van der Waals surface area contributed by atoms with Gasteiger partial charge in [0.1, 0.15) is 5.75 Å². The van der Waals surface area contributed by atoms with Crippen LogP contribution in [0.3, 0.4) is 0 Å². The lowest BCUT2D eigenvalue weighted by Gasteiger charge is -2.16. The number of carbonyl (C=O) groups is 3. The van der Waals surface area contributed by atoms with Crippen LogP contribution in [0.1, 0.15) is 18.9 Å². The second-order valence-corrected chi connectivity index (χ2v) is 7.09. The summed E-state index contributed by atoms with van der Waals surface area (Å²) in [6, 6.07) is 16.8. The number of hydrogen-bond acceptors (Lipinski definition) is 5. The zero-order valence-electron chi connectivity index (χ0n) is 17.0. The lowest BCUT2D eigenvalue weighted by Crippen LogP contribution is -2.29. The minimum atomic E-state index is -0.536. The normalized spacial score (nSPS) is 15.7. The molecule has 0 radical (unpaired) electrons. The number of ether oxygens (including phenoxy) is 2. The lowest BCUT2D eigenvalue weighted by atomic mass is 10.1. The molecule has 2 aromatic rings. The second-order valence-electron chi connectivity index (χ2n) is 7.09. The topological polar surface area (TPSA) is 84.9 Å². The molecule has 0 aromatic heterocycles. The molecule has 30 heavy (non-hydrogen) atoms. The third-order valence-corrected chi connectivity index (χ3v) is 4.86. The van der Waals surface area contributed by atoms with Gasteiger partial charge in [0, 0.05) is 25.2 Å². The van der Waals surface area contributed by atoms with Gasteiger partial charge in [0.15, 0.2) is 6.61 Å². The highest BCUT2D eigenvalue weighted by Crippen LogP contribution is 2.20. The van der Waals surface area contributed by atoms with E-state index in [1.165, 1.54) is 0 Å². The summed E-state index contributed by atoms with van der Waals surface area (Å²) >= 11 is 0. The van der Waals surface area contributed by atoms with Crippen molar-refractivity contribution in [1.82, 2.24) is 4.90 Å². The second kappa shape index (κ2) is 10.4. The third-order valence-electron chi connectivity index (χ3n) is 4.86. The number of benzene rings is 2. The highest BCUT2D eigenvalue weighted by molar-refractivity contribution is 5.93. The predicted molar refractivity (Wildman–Crippen MR) is 112 cm³/mol. The summed E-state index contributed by atoms with van der Waals surface area (Å²) in [4.78, 5) is 38.2. The summed E-state index contributed by atoms with van der Waals surface area (Å²) in [7, 11) is 0. The Morgan fingerprint density at radius 2 is 1.83 bits per heavy atom. The number of nitrogens with zero attached hydrogens (tertiary/aromatic N) is 1. The van der Waals surface area contributed by atoms with Crippen molar-refractivity contribution in [2.24, 2.45) is 5.92 Å². The van der Waals surface area contributed by atoms with E-state index in [2.05, 4.69) is 5.32 Å². The molecular formula is C23H26N2O5. The van der Waals surface area contributed by atoms with Crippen molar-refractivity contribution in [1.29, 1.82) is 0 Å². The summed E-state index contributed by atoms with van der Waals surface area (Å²) < 4.78 is 10.5. The van der Waals surface area contributed by atoms with E-state index in [0.717, 1.165) is 12.0 Å². The molecule has 0 saturated carbocycles. The Balaban J connectivity index is 1.41. The van der Waals surface area contributed by atoms with Crippen LogP contribution in [0.25, 0.3) is 0 Å².